The lowest BCUT2D eigenvalue weighted by molar-refractivity contribution is 0.0698. The van der Waals surface area contributed by atoms with Gasteiger partial charge in [-0.05, 0) is 55.9 Å². The Morgan fingerprint density at radius 3 is 2.57 bits per heavy atom. The summed E-state index contributed by atoms with van der Waals surface area (Å²) in [5.74, 6) is 0.0286. The average molecular weight is 310 g/mol. The summed E-state index contributed by atoms with van der Waals surface area (Å²) in [5.41, 5.74) is 2.07. The minimum atomic E-state index is -1.04. The zero-order valence-electron chi connectivity index (χ0n) is 12.7. The molecule has 0 radical (unpaired) electrons. The van der Waals surface area contributed by atoms with Crippen molar-refractivity contribution in [3.8, 4) is 0 Å². The molecule has 0 heterocycles. The highest BCUT2D eigenvalue weighted by atomic mass is 32.2. The first-order chi connectivity index (χ1) is 9.95. The van der Waals surface area contributed by atoms with Crippen molar-refractivity contribution in [1.82, 2.24) is 5.32 Å². The normalized spacial score (nSPS) is 10.2. The first-order valence-electron chi connectivity index (χ1n) is 6.84. The fourth-order valence-electron chi connectivity index (χ4n) is 2.03. The second kappa shape index (κ2) is 8.56. The monoisotopic (exact) mass is 310 g/mol. The topological polar surface area (TPSA) is 78.4 Å². The third-order valence-corrected chi connectivity index (χ3v) is 3.71. The van der Waals surface area contributed by atoms with Crippen molar-refractivity contribution < 1.29 is 14.7 Å². The summed E-state index contributed by atoms with van der Waals surface area (Å²) in [6.07, 6.45) is 4.01. The molecule has 2 amide bonds. The van der Waals surface area contributed by atoms with Gasteiger partial charge < -0.3 is 15.7 Å². The molecule has 0 spiro atoms. The number of thioether (sulfide) groups is 1. The van der Waals surface area contributed by atoms with Gasteiger partial charge in [0.2, 0.25) is 0 Å². The summed E-state index contributed by atoms with van der Waals surface area (Å²) >= 11 is 1.78. The molecule has 0 aromatic heterocycles. The zero-order chi connectivity index (χ0) is 15.8. The van der Waals surface area contributed by atoms with Crippen LogP contribution in [0.4, 0.5) is 10.5 Å². The number of anilines is 1. The maximum absolute atomic E-state index is 11.8. The maximum atomic E-state index is 11.8. The number of carbonyl (C=O) groups is 2. The van der Waals surface area contributed by atoms with Crippen LogP contribution in [-0.2, 0) is 0 Å². The Kier molecular flexibility index (Phi) is 7.08. The highest BCUT2D eigenvalue weighted by Gasteiger charge is 2.15. The van der Waals surface area contributed by atoms with Crippen molar-refractivity contribution >= 4 is 29.4 Å². The summed E-state index contributed by atoms with van der Waals surface area (Å²) in [7, 11) is 0. The van der Waals surface area contributed by atoms with E-state index in [9.17, 15) is 14.7 Å². The maximum Gasteiger partial charge on any atom is 0.337 e. The number of carboxylic acid groups (broad SMARTS) is 1. The molecule has 0 aliphatic heterocycles. The Morgan fingerprint density at radius 1 is 1.24 bits per heavy atom. The van der Waals surface area contributed by atoms with Gasteiger partial charge in [0.15, 0.2) is 0 Å². The predicted molar refractivity (Wildman–Crippen MR) is 87.5 cm³/mol. The fourth-order valence-corrected chi connectivity index (χ4v) is 2.53. The molecular weight excluding hydrogens is 288 g/mol. The molecule has 0 atom stereocenters. The van der Waals surface area contributed by atoms with Crippen LogP contribution < -0.4 is 10.6 Å². The minimum absolute atomic E-state index is 0.116. The van der Waals surface area contributed by atoms with Crippen LogP contribution in [0.5, 0.6) is 0 Å². The second-order valence-corrected chi connectivity index (χ2v) is 5.88. The standard InChI is InChI=1S/C15H22N2O3S/c1-10-8-11(2)13(12(9-10)14(18)19)17-15(20)16-6-4-5-7-21-3/h8-9H,4-7H2,1-3H3,(H,18,19)(H2,16,17,20). The van der Waals surface area contributed by atoms with E-state index in [1.807, 2.05) is 19.2 Å². The van der Waals surface area contributed by atoms with Gasteiger partial charge in [-0.2, -0.15) is 11.8 Å². The number of unbranched alkanes of at least 4 members (excludes halogenated alkanes) is 1. The number of carboxylic acids is 1. The van der Waals surface area contributed by atoms with Crippen molar-refractivity contribution in [2.75, 3.05) is 23.9 Å². The van der Waals surface area contributed by atoms with E-state index in [0.29, 0.717) is 12.2 Å². The van der Waals surface area contributed by atoms with Crippen LogP contribution in [0.25, 0.3) is 0 Å². The molecule has 0 saturated carbocycles. The van der Waals surface area contributed by atoms with Gasteiger partial charge in [0, 0.05) is 6.54 Å². The SMILES string of the molecule is CSCCCCNC(=O)Nc1c(C)cc(C)cc1C(=O)O. The second-order valence-electron chi connectivity index (χ2n) is 4.89. The van der Waals surface area contributed by atoms with Gasteiger partial charge >= 0.3 is 12.0 Å². The number of urea groups is 1. The number of benzene rings is 1. The lowest BCUT2D eigenvalue weighted by Crippen LogP contribution is -2.30. The zero-order valence-corrected chi connectivity index (χ0v) is 13.5. The number of amides is 2. The molecule has 116 valence electrons. The smallest absolute Gasteiger partial charge is 0.337 e. The molecule has 6 heteroatoms. The number of rotatable bonds is 7. The molecule has 0 aliphatic rings. The van der Waals surface area contributed by atoms with Crippen molar-refractivity contribution in [3.05, 3.63) is 28.8 Å². The van der Waals surface area contributed by atoms with Crippen LogP contribution in [0, 0.1) is 13.8 Å². The van der Waals surface area contributed by atoms with Crippen LogP contribution in [0.2, 0.25) is 0 Å². The van der Waals surface area contributed by atoms with E-state index >= 15 is 0 Å². The Hall–Kier alpha value is -1.69. The van der Waals surface area contributed by atoms with Crippen molar-refractivity contribution in [2.45, 2.75) is 26.7 Å². The van der Waals surface area contributed by atoms with Crippen LogP contribution in [0.3, 0.4) is 0 Å². The number of carbonyl (C=O) groups excluding carboxylic acids is 1. The quantitative estimate of drug-likeness (QED) is 0.675. The third-order valence-electron chi connectivity index (χ3n) is 3.01. The van der Waals surface area contributed by atoms with E-state index in [2.05, 4.69) is 10.6 Å². The van der Waals surface area contributed by atoms with Crippen molar-refractivity contribution in [3.63, 3.8) is 0 Å². The van der Waals surface area contributed by atoms with Crippen LogP contribution >= 0.6 is 11.8 Å². The number of aryl methyl sites for hydroxylation is 2. The van der Waals surface area contributed by atoms with Gasteiger partial charge in [-0.3, -0.25) is 0 Å². The molecule has 3 N–H and O–H groups in total. The van der Waals surface area contributed by atoms with Gasteiger partial charge in [0.1, 0.15) is 0 Å². The highest BCUT2D eigenvalue weighted by Crippen LogP contribution is 2.22. The van der Waals surface area contributed by atoms with Crippen molar-refractivity contribution in [2.24, 2.45) is 0 Å². The van der Waals surface area contributed by atoms with Gasteiger partial charge in [-0.25, -0.2) is 9.59 Å². The van der Waals surface area contributed by atoms with Gasteiger partial charge in [-0.1, -0.05) is 6.07 Å². The summed E-state index contributed by atoms with van der Waals surface area (Å²) in [6, 6.07) is 3.04. The minimum Gasteiger partial charge on any atom is -0.478 e. The first-order valence-corrected chi connectivity index (χ1v) is 8.23. The predicted octanol–water partition coefficient (Wildman–Crippen LogP) is 3.27. The first kappa shape index (κ1) is 17.4. The van der Waals surface area contributed by atoms with Crippen LogP contribution in [-0.4, -0.2) is 35.7 Å². The summed E-state index contributed by atoms with van der Waals surface area (Å²) < 4.78 is 0. The molecular formula is C15H22N2O3S. The summed E-state index contributed by atoms with van der Waals surface area (Å²) in [6.45, 7) is 4.20. The van der Waals surface area contributed by atoms with Crippen LogP contribution in [0.15, 0.2) is 12.1 Å². The van der Waals surface area contributed by atoms with E-state index in [-0.39, 0.29) is 11.6 Å². The molecule has 0 bridgehead atoms. The molecule has 0 fully saturated rings. The summed E-state index contributed by atoms with van der Waals surface area (Å²) in [5, 5.41) is 14.6. The van der Waals surface area contributed by atoms with E-state index in [0.717, 1.165) is 29.7 Å². The molecule has 1 rings (SSSR count). The van der Waals surface area contributed by atoms with E-state index in [1.165, 1.54) is 0 Å². The largest absolute Gasteiger partial charge is 0.478 e. The van der Waals surface area contributed by atoms with Crippen molar-refractivity contribution in [1.29, 1.82) is 0 Å². The van der Waals surface area contributed by atoms with Gasteiger partial charge in [0.05, 0.1) is 11.3 Å². The Balaban J connectivity index is 2.65. The number of hydrogen-bond acceptors (Lipinski definition) is 3. The molecule has 0 unspecified atom stereocenters. The van der Waals surface area contributed by atoms with E-state index in [1.54, 1.807) is 24.8 Å². The molecule has 0 aliphatic carbocycles. The lowest BCUT2D eigenvalue weighted by atomic mass is 10.0. The Labute approximate surface area is 129 Å². The van der Waals surface area contributed by atoms with E-state index < -0.39 is 5.97 Å². The molecule has 1 aromatic carbocycles. The van der Waals surface area contributed by atoms with E-state index in [4.69, 9.17) is 0 Å². The molecule has 1 aromatic rings. The number of nitrogens with one attached hydrogen (secondary N) is 2. The Morgan fingerprint density at radius 2 is 1.95 bits per heavy atom. The van der Waals surface area contributed by atoms with Crippen LogP contribution in [0.1, 0.15) is 34.3 Å². The molecule has 0 saturated heterocycles. The Bertz CT molecular complexity index is 518. The fraction of sp³-hybridized carbons (Fsp3) is 0.467. The van der Waals surface area contributed by atoms with Gasteiger partial charge in [0.25, 0.3) is 0 Å². The highest BCUT2D eigenvalue weighted by molar-refractivity contribution is 7.98. The number of hydrogen-bond donors (Lipinski definition) is 3. The van der Waals surface area contributed by atoms with Gasteiger partial charge in [-0.15, -0.1) is 0 Å². The third kappa shape index (κ3) is 5.67. The lowest BCUT2D eigenvalue weighted by Gasteiger charge is -2.13. The molecule has 5 nitrogen and oxygen atoms in total. The average Bonchev–Trinajstić information content (AvgIpc) is 2.41. The molecule has 21 heavy (non-hydrogen) atoms. The summed E-state index contributed by atoms with van der Waals surface area (Å²) in [4.78, 5) is 23.1. The number of aromatic carboxylic acids is 1.